The first-order valence-electron chi connectivity index (χ1n) is 7.85. The lowest BCUT2D eigenvalue weighted by atomic mass is 10.1. The lowest BCUT2D eigenvalue weighted by molar-refractivity contribution is 0.415. The summed E-state index contributed by atoms with van der Waals surface area (Å²) in [5.74, 6) is 1.16. The summed E-state index contributed by atoms with van der Waals surface area (Å²) in [4.78, 5) is 21.2. The summed E-state index contributed by atoms with van der Waals surface area (Å²) in [7, 11) is 5.59. The molecule has 1 heterocycles. The minimum atomic E-state index is -0.215. The molecule has 3 rings (SSSR count). The van der Waals surface area contributed by atoms with Gasteiger partial charge in [-0.2, -0.15) is 0 Å². The zero-order chi connectivity index (χ0) is 17.8. The third-order valence-electron chi connectivity index (χ3n) is 3.77. The van der Waals surface area contributed by atoms with Crippen molar-refractivity contribution >= 4 is 17.3 Å². The van der Waals surface area contributed by atoms with Gasteiger partial charge in [0.2, 0.25) is 5.95 Å². The molecule has 0 saturated heterocycles. The first-order valence-corrected chi connectivity index (χ1v) is 7.85. The zero-order valence-electron chi connectivity index (χ0n) is 14.4. The van der Waals surface area contributed by atoms with E-state index >= 15 is 0 Å². The van der Waals surface area contributed by atoms with Crippen LogP contribution in [0.4, 0.5) is 17.3 Å². The van der Waals surface area contributed by atoms with E-state index in [-0.39, 0.29) is 5.56 Å². The molecule has 2 N–H and O–H groups in total. The minimum Gasteiger partial charge on any atom is -0.497 e. The van der Waals surface area contributed by atoms with Gasteiger partial charge < -0.3 is 15.0 Å². The standard InChI is InChI=1S/C19H20N4O2/c1-23(2)15-8-6-14(7-9-15)20-19-21-17(12-18(24)22-19)13-4-10-16(25-3)11-5-13/h4-12H,1-3H3,(H2,20,21,22,24). The average molecular weight is 336 g/mol. The zero-order valence-corrected chi connectivity index (χ0v) is 14.4. The van der Waals surface area contributed by atoms with Gasteiger partial charge in [0.05, 0.1) is 12.8 Å². The van der Waals surface area contributed by atoms with Crippen molar-refractivity contribution in [3.8, 4) is 17.0 Å². The van der Waals surface area contributed by atoms with E-state index < -0.39 is 0 Å². The third-order valence-corrected chi connectivity index (χ3v) is 3.77. The Morgan fingerprint density at radius 2 is 1.72 bits per heavy atom. The van der Waals surface area contributed by atoms with Crippen molar-refractivity contribution in [3.63, 3.8) is 0 Å². The molecule has 0 radical (unpaired) electrons. The number of ether oxygens (including phenoxy) is 1. The van der Waals surface area contributed by atoms with Crippen molar-refractivity contribution in [2.24, 2.45) is 0 Å². The molecular formula is C19H20N4O2. The number of nitrogens with zero attached hydrogens (tertiary/aromatic N) is 2. The Bertz CT molecular complexity index is 900. The molecule has 2 aromatic carbocycles. The Morgan fingerprint density at radius 1 is 1.04 bits per heavy atom. The highest BCUT2D eigenvalue weighted by Gasteiger charge is 2.05. The highest BCUT2D eigenvalue weighted by molar-refractivity contribution is 5.63. The van der Waals surface area contributed by atoms with Gasteiger partial charge in [-0.1, -0.05) is 0 Å². The molecule has 0 saturated carbocycles. The quantitative estimate of drug-likeness (QED) is 0.748. The first-order chi connectivity index (χ1) is 12.0. The van der Waals surface area contributed by atoms with Crippen molar-refractivity contribution in [1.82, 2.24) is 9.97 Å². The SMILES string of the molecule is COc1ccc(-c2cc(=O)[nH]c(Nc3ccc(N(C)C)cc3)n2)cc1. The normalized spacial score (nSPS) is 10.4. The summed E-state index contributed by atoms with van der Waals surface area (Å²) >= 11 is 0. The monoisotopic (exact) mass is 336 g/mol. The van der Waals surface area contributed by atoms with Crippen LogP contribution in [0.25, 0.3) is 11.3 Å². The van der Waals surface area contributed by atoms with Crippen LogP contribution in [0, 0.1) is 0 Å². The largest absolute Gasteiger partial charge is 0.497 e. The van der Waals surface area contributed by atoms with Gasteiger partial charge in [0, 0.05) is 37.1 Å². The van der Waals surface area contributed by atoms with Crippen molar-refractivity contribution < 1.29 is 4.74 Å². The van der Waals surface area contributed by atoms with Gasteiger partial charge in [-0.05, 0) is 48.5 Å². The summed E-state index contributed by atoms with van der Waals surface area (Å²) in [6, 6.07) is 16.8. The Morgan fingerprint density at radius 3 is 2.32 bits per heavy atom. The molecular weight excluding hydrogens is 316 g/mol. The van der Waals surface area contributed by atoms with Crippen LogP contribution in [-0.2, 0) is 0 Å². The number of hydrogen-bond donors (Lipinski definition) is 2. The number of aromatic amines is 1. The maximum absolute atomic E-state index is 12.0. The molecule has 0 unspecified atom stereocenters. The van der Waals surface area contributed by atoms with Crippen molar-refractivity contribution in [3.05, 3.63) is 65.0 Å². The van der Waals surface area contributed by atoms with Gasteiger partial charge in [-0.3, -0.25) is 9.78 Å². The van der Waals surface area contributed by atoms with Crippen LogP contribution in [0.15, 0.2) is 59.4 Å². The van der Waals surface area contributed by atoms with Gasteiger partial charge in [0.1, 0.15) is 5.75 Å². The lowest BCUT2D eigenvalue weighted by Crippen LogP contribution is -2.11. The number of anilines is 3. The van der Waals surface area contributed by atoms with Crippen LogP contribution < -0.4 is 20.5 Å². The van der Waals surface area contributed by atoms with Crippen LogP contribution in [0.1, 0.15) is 0 Å². The van der Waals surface area contributed by atoms with Gasteiger partial charge in [-0.15, -0.1) is 0 Å². The van der Waals surface area contributed by atoms with Crippen molar-refractivity contribution in [1.29, 1.82) is 0 Å². The molecule has 0 aliphatic carbocycles. The van der Waals surface area contributed by atoms with Gasteiger partial charge >= 0.3 is 0 Å². The number of H-pyrrole nitrogens is 1. The number of hydrogen-bond acceptors (Lipinski definition) is 5. The molecule has 6 nitrogen and oxygen atoms in total. The summed E-state index contributed by atoms with van der Waals surface area (Å²) in [6.45, 7) is 0. The van der Waals surface area contributed by atoms with E-state index in [1.54, 1.807) is 7.11 Å². The molecule has 0 fully saturated rings. The van der Waals surface area contributed by atoms with Gasteiger partial charge in [0.15, 0.2) is 0 Å². The maximum atomic E-state index is 12.0. The second-order valence-electron chi connectivity index (χ2n) is 5.77. The Kier molecular flexibility index (Phi) is 4.70. The summed E-state index contributed by atoms with van der Waals surface area (Å²) < 4.78 is 5.15. The molecule has 3 aromatic rings. The molecule has 0 atom stereocenters. The summed E-state index contributed by atoms with van der Waals surface area (Å²) in [5, 5.41) is 3.13. The fourth-order valence-electron chi connectivity index (χ4n) is 2.41. The van der Waals surface area contributed by atoms with Crippen molar-refractivity contribution in [2.45, 2.75) is 0 Å². The molecule has 1 aromatic heterocycles. The van der Waals surface area contributed by atoms with Crippen LogP contribution in [0.3, 0.4) is 0 Å². The van der Waals surface area contributed by atoms with Gasteiger partial charge in [0.25, 0.3) is 5.56 Å². The molecule has 0 aliphatic rings. The number of benzene rings is 2. The molecule has 0 bridgehead atoms. The van der Waals surface area contributed by atoms with E-state index in [9.17, 15) is 4.79 Å². The van der Waals surface area contributed by atoms with E-state index in [4.69, 9.17) is 4.74 Å². The smallest absolute Gasteiger partial charge is 0.252 e. The molecule has 128 valence electrons. The topological polar surface area (TPSA) is 70.2 Å². The number of nitrogens with one attached hydrogen (secondary N) is 2. The first kappa shape index (κ1) is 16.6. The van der Waals surface area contributed by atoms with Crippen molar-refractivity contribution in [2.75, 3.05) is 31.4 Å². The second-order valence-corrected chi connectivity index (χ2v) is 5.77. The van der Waals surface area contributed by atoms with E-state index in [1.807, 2.05) is 67.5 Å². The van der Waals surface area contributed by atoms with Crippen LogP contribution >= 0.6 is 0 Å². The number of rotatable bonds is 5. The lowest BCUT2D eigenvalue weighted by Gasteiger charge is -2.13. The number of methoxy groups -OCH3 is 1. The van der Waals surface area contributed by atoms with Crippen LogP contribution in [-0.4, -0.2) is 31.2 Å². The Labute approximate surface area is 146 Å². The second kappa shape index (κ2) is 7.09. The van der Waals surface area contributed by atoms with E-state index in [0.29, 0.717) is 11.6 Å². The molecule has 6 heteroatoms. The average Bonchev–Trinajstić information content (AvgIpc) is 2.62. The predicted molar refractivity (Wildman–Crippen MR) is 101 cm³/mol. The molecule has 25 heavy (non-hydrogen) atoms. The summed E-state index contributed by atoms with van der Waals surface area (Å²) in [6.07, 6.45) is 0. The van der Waals surface area contributed by atoms with Crippen LogP contribution in [0.2, 0.25) is 0 Å². The Hall–Kier alpha value is -3.28. The van der Waals surface area contributed by atoms with Gasteiger partial charge in [-0.25, -0.2) is 4.98 Å². The van der Waals surface area contributed by atoms with Crippen LogP contribution in [0.5, 0.6) is 5.75 Å². The van der Waals surface area contributed by atoms with E-state index in [2.05, 4.69) is 15.3 Å². The fraction of sp³-hybridized carbons (Fsp3) is 0.158. The predicted octanol–water partition coefficient (Wildman–Crippen LogP) is 3.26. The summed E-state index contributed by atoms with van der Waals surface area (Å²) in [5.41, 5.74) is 3.17. The number of aromatic nitrogens is 2. The molecule has 0 amide bonds. The third kappa shape index (κ3) is 3.98. The highest BCUT2D eigenvalue weighted by Crippen LogP contribution is 2.22. The Balaban J connectivity index is 1.87. The minimum absolute atomic E-state index is 0.215. The molecule has 0 spiro atoms. The fourth-order valence-corrected chi connectivity index (χ4v) is 2.41. The molecule has 0 aliphatic heterocycles. The van der Waals surface area contributed by atoms with E-state index in [1.165, 1.54) is 6.07 Å². The maximum Gasteiger partial charge on any atom is 0.252 e. The van der Waals surface area contributed by atoms with E-state index in [0.717, 1.165) is 22.7 Å². The highest BCUT2D eigenvalue weighted by atomic mass is 16.5.